The average molecular weight is 465 g/mol. The molecule has 1 fully saturated rings. The predicted molar refractivity (Wildman–Crippen MR) is 98.7 cm³/mol. The van der Waals surface area contributed by atoms with Crippen molar-refractivity contribution in [1.29, 1.82) is 0 Å². The van der Waals surface area contributed by atoms with Crippen LogP contribution in [0.4, 0.5) is 0 Å². The zero-order chi connectivity index (χ0) is 15.4. The number of piperazine rings is 1. The third-order valence-electron chi connectivity index (χ3n) is 3.84. The Hall–Kier alpha value is -0.140. The van der Waals surface area contributed by atoms with Crippen molar-refractivity contribution in [3.05, 3.63) is 31.8 Å². The first kappa shape index (κ1) is 17.2. The fourth-order valence-electron chi connectivity index (χ4n) is 2.45. The molecule has 2 rings (SSSR count). The van der Waals surface area contributed by atoms with E-state index in [1.807, 2.05) is 23.1 Å². The minimum absolute atomic E-state index is 0.143. The summed E-state index contributed by atoms with van der Waals surface area (Å²) in [5.74, 6) is 0.885. The summed E-state index contributed by atoms with van der Waals surface area (Å²) >= 11 is 5.74. The van der Waals surface area contributed by atoms with E-state index in [0.29, 0.717) is 0 Å². The molecule has 5 heteroatoms. The van der Waals surface area contributed by atoms with Crippen LogP contribution in [0.3, 0.4) is 0 Å². The Bertz CT molecular complexity index is 499. The molecule has 0 saturated carbocycles. The molecule has 1 saturated heterocycles. The van der Waals surface area contributed by atoms with E-state index in [9.17, 15) is 4.79 Å². The maximum Gasteiger partial charge on any atom is 0.255 e. The van der Waals surface area contributed by atoms with Crippen molar-refractivity contribution < 1.29 is 4.79 Å². The summed E-state index contributed by atoms with van der Waals surface area (Å²) in [4.78, 5) is 17.1. The number of nitrogens with zero attached hydrogens (tertiary/aromatic N) is 2. The molecule has 1 aromatic carbocycles. The molecule has 0 N–H and O–H groups in total. The van der Waals surface area contributed by atoms with Crippen molar-refractivity contribution in [3.63, 3.8) is 0 Å². The molecule has 1 aliphatic rings. The van der Waals surface area contributed by atoms with Crippen molar-refractivity contribution in [2.75, 3.05) is 32.7 Å². The number of hydrogen-bond donors (Lipinski definition) is 0. The molecule has 3 nitrogen and oxygen atoms in total. The molecule has 0 atom stereocenters. The molecule has 0 radical (unpaired) electrons. The minimum Gasteiger partial charge on any atom is -0.336 e. The molecular weight excluding hydrogens is 443 g/mol. The number of rotatable bonds is 4. The number of amides is 1. The summed E-state index contributed by atoms with van der Waals surface area (Å²) in [5.41, 5.74) is 0.775. The van der Waals surface area contributed by atoms with E-state index in [-0.39, 0.29) is 5.91 Å². The largest absolute Gasteiger partial charge is 0.336 e. The summed E-state index contributed by atoms with van der Waals surface area (Å²) < 4.78 is 1.98. The molecular formula is C16H22BrIN2O. The van der Waals surface area contributed by atoms with Gasteiger partial charge in [-0.2, -0.15) is 0 Å². The second kappa shape index (κ2) is 7.92. The second-order valence-electron chi connectivity index (χ2n) is 5.94. The zero-order valence-corrected chi connectivity index (χ0v) is 16.4. The van der Waals surface area contributed by atoms with Crippen molar-refractivity contribution in [3.8, 4) is 0 Å². The van der Waals surface area contributed by atoms with Gasteiger partial charge >= 0.3 is 0 Å². The Labute approximate surface area is 149 Å². The lowest BCUT2D eigenvalue weighted by molar-refractivity contribution is 0.0631. The summed E-state index contributed by atoms with van der Waals surface area (Å²) in [6, 6.07) is 5.91. The lowest BCUT2D eigenvalue weighted by Crippen LogP contribution is -2.49. The van der Waals surface area contributed by atoms with Crippen LogP contribution in [0.25, 0.3) is 0 Å². The van der Waals surface area contributed by atoms with Crippen LogP contribution < -0.4 is 0 Å². The van der Waals surface area contributed by atoms with E-state index in [4.69, 9.17) is 0 Å². The average Bonchev–Trinajstić information content (AvgIpc) is 2.47. The van der Waals surface area contributed by atoms with Gasteiger partial charge in [-0.15, -0.1) is 0 Å². The summed E-state index contributed by atoms with van der Waals surface area (Å²) in [5, 5.41) is 0. The smallest absolute Gasteiger partial charge is 0.255 e. The first-order chi connectivity index (χ1) is 9.97. The van der Waals surface area contributed by atoms with Gasteiger partial charge in [-0.05, 0) is 75.6 Å². The topological polar surface area (TPSA) is 23.6 Å². The molecule has 116 valence electrons. The monoisotopic (exact) mass is 464 g/mol. The quantitative estimate of drug-likeness (QED) is 0.631. The molecule has 1 amide bonds. The standard InChI is InChI=1S/C16H22BrIN2O/c1-12(2)5-6-19-7-9-20(10-8-19)16(21)14-11-13(18)3-4-15(14)17/h3-4,11-12H,5-10H2,1-2H3. The Balaban J connectivity index is 1.92. The highest BCUT2D eigenvalue weighted by atomic mass is 127. The van der Waals surface area contributed by atoms with Crippen LogP contribution in [0.2, 0.25) is 0 Å². The lowest BCUT2D eigenvalue weighted by Gasteiger charge is -2.35. The summed E-state index contributed by atoms with van der Waals surface area (Å²) in [6.45, 7) is 9.29. The second-order valence-corrected chi connectivity index (χ2v) is 8.04. The minimum atomic E-state index is 0.143. The van der Waals surface area contributed by atoms with Crippen molar-refractivity contribution in [2.45, 2.75) is 20.3 Å². The van der Waals surface area contributed by atoms with Gasteiger partial charge in [0.1, 0.15) is 0 Å². The van der Waals surface area contributed by atoms with Gasteiger partial charge in [-0.1, -0.05) is 13.8 Å². The van der Waals surface area contributed by atoms with Crippen LogP contribution in [0.5, 0.6) is 0 Å². The SMILES string of the molecule is CC(C)CCN1CCN(C(=O)c2cc(I)ccc2Br)CC1. The van der Waals surface area contributed by atoms with Gasteiger partial charge in [-0.25, -0.2) is 0 Å². The van der Waals surface area contributed by atoms with E-state index in [0.717, 1.165) is 52.2 Å². The van der Waals surface area contributed by atoms with E-state index in [2.05, 4.69) is 57.3 Å². The van der Waals surface area contributed by atoms with Crippen LogP contribution in [-0.4, -0.2) is 48.4 Å². The third kappa shape index (κ3) is 4.93. The highest BCUT2D eigenvalue weighted by Crippen LogP contribution is 2.21. The van der Waals surface area contributed by atoms with Crippen LogP contribution in [0, 0.1) is 9.49 Å². The molecule has 0 spiro atoms. The fraction of sp³-hybridized carbons (Fsp3) is 0.562. The lowest BCUT2D eigenvalue weighted by atomic mass is 10.1. The molecule has 0 aliphatic carbocycles. The Morgan fingerprint density at radius 2 is 1.95 bits per heavy atom. The third-order valence-corrected chi connectivity index (χ3v) is 5.20. The molecule has 1 heterocycles. The predicted octanol–water partition coefficient (Wildman–Crippen LogP) is 3.86. The van der Waals surface area contributed by atoms with E-state index in [1.165, 1.54) is 6.42 Å². The number of halogens is 2. The highest BCUT2D eigenvalue weighted by molar-refractivity contribution is 14.1. The molecule has 0 unspecified atom stereocenters. The molecule has 21 heavy (non-hydrogen) atoms. The highest BCUT2D eigenvalue weighted by Gasteiger charge is 2.23. The zero-order valence-electron chi connectivity index (χ0n) is 12.6. The maximum atomic E-state index is 12.6. The van der Waals surface area contributed by atoms with Crippen LogP contribution in [0.15, 0.2) is 22.7 Å². The van der Waals surface area contributed by atoms with Gasteiger partial charge in [0, 0.05) is 34.2 Å². The van der Waals surface area contributed by atoms with Gasteiger partial charge in [-0.3, -0.25) is 9.69 Å². The Kier molecular flexibility index (Phi) is 6.50. The summed E-state index contributed by atoms with van der Waals surface area (Å²) in [7, 11) is 0. The number of hydrogen-bond acceptors (Lipinski definition) is 2. The Morgan fingerprint density at radius 3 is 2.57 bits per heavy atom. The van der Waals surface area contributed by atoms with E-state index >= 15 is 0 Å². The molecule has 0 bridgehead atoms. The maximum absolute atomic E-state index is 12.6. The number of benzene rings is 1. The molecule has 1 aromatic rings. The van der Waals surface area contributed by atoms with Crippen LogP contribution in [0.1, 0.15) is 30.6 Å². The van der Waals surface area contributed by atoms with E-state index in [1.54, 1.807) is 0 Å². The van der Waals surface area contributed by atoms with Crippen molar-refractivity contribution in [2.24, 2.45) is 5.92 Å². The van der Waals surface area contributed by atoms with Crippen molar-refractivity contribution in [1.82, 2.24) is 9.80 Å². The van der Waals surface area contributed by atoms with Gasteiger partial charge < -0.3 is 4.90 Å². The van der Waals surface area contributed by atoms with Gasteiger partial charge in [0.2, 0.25) is 0 Å². The Morgan fingerprint density at radius 1 is 1.29 bits per heavy atom. The van der Waals surface area contributed by atoms with Gasteiger partial charge in [0.25, 0.3) is 5.91 Å². The van der Waals surface area contributed by atoms with Gasteiger partial charge in [0.15, 0.2) is 0 Å². The first-order valence-corrected chi connectivity index (χ1v) is 9.31. The number of carbonyl (C=O) groups excluding carboxylic acids is 1. The van der Waals surface area contributed by atoms with E-state index < -0.39 is 0 Å². The molecule has 1 aliphatic heterocycles. The number of carbonyl (C=O) groups is 1. The summed E-state index contributed by atoms with van der Waals surface area (Å²) in [6.07, 6.45) is 1.23. The normalized spacial score (nSPS) is 16.5. The van der Waals surface area contributed by atoms with Crippen LogP contribution in [-0.2, 0) is 0 Å². The molecule has 0 aromatic heterocycles. The van der Waals surface area contributed by atoms with Crippen LogP contribution >= 0.6 is 38.5 Å². The van der Waals surface area contributed by atoms with Crippen molar-refractivity contribution >= 4 is 44.4 Å². The fourth-order valence-corrected chi connectivity index (χ4v) is 3.35. The van der Waals surface area contributed by atoms with Gasteiger partial charge in [0.05, 0.1) is 5.56 Å². The first-order valence-electron chi connectivity index (χ1n) is 7.44.